The highest BCUT2D eigenvalue weighted by Crippen LogP contribution is 2.41. The number of carbonyl (C=O) groups is 2. The number of amides is 2. The lowest BCUT2D eigenvalue weighted by molar-refractivity contribution is -0.190. The number of nitrogens with zero attached hydrogens (tertiary/aromatic N) is 2. The highest BCUT2D eigenvalue weighted by Gasteiger charge is 2.59. The number of alkyl halides is 3. The van der Waals surface area contributed by atoms with Gasteiger partial charge in [-0.05, 0) is 54.9 Å². The number of rotatable bonds is 7. The second kappa shape index (κ2) is 11.7. The van der Waals surface area contributed by atoms with Crippen LogP contribution in [-0.4, -0.2) is 77.1 Å². The third-order valence-corrected chi connectivity index (χ3v) is 8.42. The zero-order valence-electron chi connectivity index (χ0n) is 21.8. The van der Waals surface area contributed by atoms with E-state index in [1.54, 1.807) is 36.4 Å². The van der Waals surface area contributed by atoms with Crippen molar-refractivity contribution in [2.45, 2.75) is 68.6 Å². The van der Waals surface area contributed by atoms with E-state index in [1.807, 2.05) is 6.07 Å². The van der Waals surface area contributed by atoms with E-state index in [0.29, 0.717) is 18.4 Å². The van der Waals surface area contributed by atoms with Gasteiger partial charge in [-0.3, -0.25) is 9.69 Å². The molecule has 4 atom stereocenters. The molecule has 2 aromatic carbocycles. The van der Waals surface area contributed by atoms with Crippen LogP contribution in [0.25, 0.3) is 0 Å². The van der Waals surface area contributed by atoms with Gasteiger partial charge < -0.3 is 19.5 Å². The van der Waals surface area contributed by atoms with Crippen molar-refractivity contribution in [1.82, 2.24) is 9.80 Å². The van der Waals surface area contributed by atoms with E-state index < -0.39 is 42.2 Å². The minimum absolute atomic E-state index is 0.0437. The molecule has 1 aliphatic carbocycles. The van der Waals surface area contributed by atoms with E-state index in [4.69, 9.17) is 9.47 Å². The minimum atomic E-state index is -5.14. The number of halogens is 4. The fraction of sp³-hybridized carbons (Fsp3) is 0.517. The van der Waals surface area contributed by atoms with Gasteiger partial charge in [-0.15, -0.1) is 0 Å². The Balaban J connectivity index is 1.36. The second-order valence-electron chi connectivity index (χ2n) is 10.8. The molecule has 0 radical (unpaired) electrons. The Morgan fingerprint density at radius 1 is 1.02 bits per heavy atom. The Kier molecular flexibility index (Phi) is 8.32. The molecule has 2 heterocycles. The number of benzene rings is 2. The van der Waals surface area contributed by atoms with Crippen LogP contribution in [0.2, 0.25) is 0 Å². The third-order valence-electron chi connectivity index (χ3n) is 8.42. The van der Waals surface area contributed by atoms with Gasteiger partial charge >= 0.3 is 18.2 Å². The normalized spacial score (nSPS) is 28.4. The van der Waals surface area contributed by atoms with Crippen LogP contribution in [0.15, 0.2) is 54.6 Å². The first-order valence-electron chi connectivity index (χ1n) is 13.5. The molecule has 3 aliphatic rings. The van der Waals surface area contributed by atoms with E-state index >= 15 is 0 Å². The molecule has 1 N–H and O–H groups in total. The lowest BCUT2D eigenvalue weighted by Gasteiger charge is -2.38. The average molecular weight is 565 g/mol. The summed E-state index contributed by atoms with van der Waals surface area (Å²) in [4.78, 5) is 27.1. The van der Waals surface area contributed by atoms with E-state index in [2.05, 4.69) is 0 Å². The van der Waals surface area contributed by atoms with Crippen LogP contribution in [-0.2, 0) is 20.8 Å². The Morgan fingerprint density at radius 3 is 2.40 bits per heavy atom. The molecule has 40 heavy (non-hydrogen) atoms. The summed E-state index contributed by atoms with van der Waals surface area (Å²) in [5.41, 5.74) is 1.42. The van der Waals surface area contributed by atoms with Gasteiger partial charge in [-0.2, -0.15) is 13.2 Å². The summed E-state index contributed by atoms with van der Waals surface area (Å²) in [7, 11) is 0. The second-order valence-corrected chi connectivity index (χ2v) is 10.8. The van der Waals surface area contributed by atoms with Crippen LogP contribution in [0.1, 0.15) is 42.7 Å². The first-order chi connectivity index (χ1) is 19.1. The SMILES string of the molecule is O=C(O)N1[C@@H]2COC[C@@H]2[C@H](N(Cc2ccccc2)C(=O)C(F)(F)F)[C@@H]1COC1CCC(c2cccc(F)c2)CC1. The van der Waals surface area contributed by atoms with E-state index in [-0.39, 0.29) is 44.2 Å². The van der Waals surface area contributed by atoms with Crippen LogP contribution in [0.4, 0.5) is 22.4 Å². The molecule has 0 spiro atoms. The Labute approximate surface area is 229 Å². The molecule has 5 rings (SSSR count). The van der Waals surface area contributed by atoms with E-state index in [9.17, 15) is 32.3 Å². The molecule has 0 bridgehead atoms. The van der Waals surface area contributed by atoms with Gasteiger partial charge in [0.25, 0.3) is 0 Å². The first-order valence-corrected chi connectivity index (χ1v) is 13.5. The molecule has 7 nitrogen and oxygen atoms in total. The maximum Gasteiger partial charge on any atom is 0.471 e. The molecule has 2 aromatic rings. The third kappa shape index (κ3) is 5.95. The van der Waals surface area contributed by atoms with Gasteiger partial charge in [0.2, 0.25) is 0 Å². The predicted molar refractivity (Wildman–Crippen MR) is 136 cm³/mol. The topological polar surface area (TPSA) is 79.3 Å². The molecule has 3 fully saturated rings. The van der Waals surface area contributed by atoms with Crippen molar-refractivity contribution in [1.29, 1.82) is 0 Å². The summed E-state index contributed by atoms with van der Waals surface area (Å²) in [6, 6.07) is 12.1. The largest absolute Gasteiger partial charge is 0.471 e. The number of likely N-dealkylation sites (tertiary alicyclic amines) is 1. The maximum atomic E-state index is 13.9. The van der Waals surface area contributed by atoms with Crippen LogP contribution in [0.3, 0.4) is 0 Å². The standard InChI is InChI=1S/C29H32F4N2O5/c30-21-8-4-7-20(13-21)19-9-11-22(12-10-19)40-17-25-26(23-15-39-16-24(23)35(25)28(37)38)34(27(36)29(31,32)33)14-18-5-2-1-3-6-18/h1-8,13,19,22-26H,9-12,14-17H2,(H,37,38)/t19?,22?,23-,24+,25-,26-/m0/s1. The lowest BCUT2D eigenvalue weighted by Crippen LogP contribution is -2.56. The maximum absolute atomic E-state index is 13.9. The van der Waals surface area contributed by atoms with Gasteiger partial charge in [0, 0.05) is 12.5 Å². The monoisotopic (exact) mass is 564 g/mol. The van der Waals surface area contributed by atoms with Gasteiger partial charge in [-0.1, -0.05) is 42.5 Å². The fourth-order valence-electron chi connectivity index (χ4n) is 6.58. The molecule has 0 aromatic heterocycles. The molecule has 11 heteroatoms. The summed E-state index contributed by atoms with van der Waals surface area (Å²) in [6.07, 6.45) is -3.86. The number of carbonyl (C=O) groups excluding carboxylic acids is 1. The number of fused-ring (bicyclic) bond motifs is 1. The average Bonchev–Trinajstić information content (AvgIpc) is 3.51. The quantitative estimate of drug-likeness (QED) is 0.468. The zero-order chi connectivity index (χ0) is 28.4. The van der Waals surface area contributed by atoms with E-state index in [0.717, 1.165) is 28.2 Å². The number of ether oxygens (including phenoxy) is 2. The van der Waals surface area contributed by atoms with Gasteiger partial charge in [-0.25, -0.2) is 9.18 Å². The smallest absolute Gasteiger partial charge is 0.465 e. The summed E-state index contributed by atoms with van der Waals surface area (Å²) >= 11 is 0. The fourth-order valence-corrected chi connectivity index (χ4v) is 6.58. The van der Waals surface area contributed by atoms with E-state index in [1.165, 1.54) is 12.1 Å². The number of hydrogen-bond acceptors (Lipinski definition) is 4. The molecule has 216 valence electrons. The summed E-state index contributed by atoms with van der Waals surface area (Å²) in [6.45, 7) is -0.377. The van der Waals surface area contributed by atoms with Crippen molar-refractivity contribution in [2.24, 2.45) is 5.92 Å². The van der Waals surface area contributed by atoms with Crippen molar-refractivity contribution in [3.8, 4) is 0 Å². The zero-order valence-corrected chi connectivity index (χ0v) is 21.8. The molecule has 2 aliphatic heterocycles. The molecule has 0 unspecified atom stereocenters. The van der Waals surface area contributed by atoms with Crippen molar-refractivity contribution in [3.63, 3.8) is 0 Å². The number of hydrogen-bond donors (Lipinski definition) is 1. The van der Waals surface area contributed by atoms with Crippen LogP contribution >= 0.6 is 0 Å². The highest BCUT2D eigenvalue weighted by atomic mass is 19.4. The highest BCUT2D eigenvalue weighted by molar-refractivity contribution is 5.82. The van der Waals surface area contributed by atoms with Crippen LogP contribution in [0.5, 0.6) is 0 Å². The Morgan fingerprint density at radius 2 is 1.75 bits per heavy atom. The van der Waals surface area contributed by atoms with Crippen molar-refractivity contribution in [3.05, 3.63) is 71.5 Å². The number of carboxylic acid groups (broad SMARTS) is 1. The van der Waals surface area contributed by atoms with Crippen LogP contribution < -0.4 is 0 Å². The molecule has 2 amide bonds. The van der Waals surface area contributed by atoms with Gasteiger partial charge in [0.05, 0.1) is 44.1 Å². The van der Waals surface area contributed by atoms with Gasteiger partial charge in [0.15, 0.2) is 0 Å². The van der Waals surface area contributed by atoms with Crippen molar-refractivity contribution >= 4 is 12.0 Å². The molecular formula is C29H32F4N2O5. The van der Waals surface area contributed by atoms with Crippen LogP contribution in [0, 0.1) is 11.7 Å². The summed E-state index contributed by atoms with van der Waals surface area (Å²) in [5.74, 6) is -2.75. The molecule has 2 saturated heterocycles. The Hall–Kier alpha value is -3.18. The summed E-state index contributed by atoms with van der Waals surface area (Å²) in [5, 5.41) is 10.1. The Bertz CT molecular complexity index is 1190. The molecule has 1 saturated carbocycles. The molecular weight excluding hydrogens is 532 g/mol. The van der Waals surface area contributed by atoms with Crippen molar-refractivity contribution < 1.29 is 41.7 Å². The van der Waals surface area contributed by atoms with Crippen molar-refractivity contribution in [2.75, 3.05) is 19.8 Å². The predicted octanol–water partition coefficient (Wildman–Crippen LogP) is 5.21. The lowest BCUT2D eigenvalue weighted by atomic mass is 9.82. The summed E-state index contributed by atoms with van der Waals surface area (Å²) < 4.78 is 66.9. The minimum Gasteiger partial charge on any atom is -0.465 e. The first kappa shape index (κ1) is 28.4. The van der Waals surface area contributed by atoms with Gasteiger partial charge in [0.1, 0.15) is 5.82 Å².